The summed E-state index contributed by atoms with van der Waals surface area (Å²) in [7, 11) is 1.31. The highest BCUT2D eigenvalue weighted by atomic mass is 32.1. The van der Waals surface area contributed by atoms with Gasteiger partial charge in [-0.3, -0.25) is 0 Å². The number of carbonyl (C=O) groups is 1. The smallest absolute Gasteiger partial charge is 0.489 e. The molecular formula is C32H31F3N2O9S. The van der Waals surface area contributed by atoms with Crippen molar-refractivity contribution in [2.24, 2.45) is 0 Å². The highest BCUT2D eigenvalue weighted by Crippen LogP contribution is 2.46. The first kappa shape index (κ1) is 31.7. The lowest BCUT2D eigenvalue weighted by Crippen LogP contribution is -2.35. The monoisotopic (exact) mass is 676 g/mol. The molecule has 0 bridgehead atoms. The maximum atomic E-state index is 13.1. The van der Waals surface area contributed by atoms with Crippen molar-refractivity contribution in [3.8, 4) is 28.0 Å². The lowest BCUT2D eigenvalue weighted by molar-refractivity contribution is -0.274. The van der Waals surface area contributed by atoms with E-state index in [1.807, 2.05) is 13.8 Å². The van der Waals surface area contributed by atoms with Crippen LogP contribution in [0, 0.1) is 0 Å². The zero-order valence-corrected chi connectivity index (χ0v) is 26.4. The second kappa shape index (κ2) is 12.6. The second-order valence-corrected chi connectivity index (χ2v) is 12.7. The third-order valence-corrected chi connectivity index (χ3v) is 8.91. The van der Waals surface area contributed by atoms with Crippen LogP contribution in [-0.4, -0.2) is 73.3 Å². The summed E-state index contributed by atoms with van der Waals surface area (Å²) in [6, 6.07) is 9.10. The van der Waals surface area contributed by atoms with E-state index >= 15 is 0 Å². The average molecular weight is 677 g/mol. The number of ether oxygens (including phenoxy) is 7. The van der Waals surface area contributed by atoms with E-state index < -0.39 is 36.7 Å². The number of nitrogens with zero attached hydrogens (tertiary/aromatic N) is 2. The molecule has 4 heterocycles. The van der Waals surface area contributed by atoms with Gasteiger partial charge in [-0.15, -0.1) is 13.2 Å². The number of aromatic nitrogens is 2. The molecule has 1 saturated carbocycles. The Morgan fingerprint density at radius 1 is 1.06 bits per heavy atom. The largest absolute Gasteiger partial charge is 0.573 e. The fraction of sp³-hybridized carbons (Fsp3) is 0.469. The number of rotatable bonds is 11. The molecule has 3 aliphatic rings. The Balaban J connectivity index is 1.06. The fourth-order valence-electron chi connectivity index (χ4n) is 5.82. The van der Waals surface area contributed by atoms with Gasteiger partial charge >= 0.3 is 12.3 Å². The summed E-state index contributed by atoms with van der Waals surface area (Å²) in [4.78, 5) is 16.9. The van der Waals surface area contributed by atoms with Gasteiger partial charge in [0.25, 0.3) is 5.19 Å². The molecule has 250 valence electrons. The van der Waals surface area contributed by atoms with Crippen molar-refractivity contribution in [2.75, 3.05) is 20.3 Å². The third kappa shape index (κ3) is 6.62. The minimum absolute atomic E-state index is 0.0240. The van der Waals surface area contributed by atoms with Crippen LogP contribution >= 0.6 is 11.3 Å². The Hall–Kier alpha value is -3.92. The summed E-state index contributed by atoms with van der Waals surface area (Å²) in [6.07, 6.45) is -5.10. The van der Waals surface area contributed by atoms with Crippen LogP contribution in [0.4, 0.5) is 13.2 Å². The number of para-hydroxylation sites is 1. The fourth-order valence-corrected chi connectivity index (χ4v) is 6.74. The molecule has 11 nitrogen and oxygen atoms in total. The normalized spacial score (nSPS) is 22.5. The van der Waals surface area contributed by atoms with Gasteiger partial charge in [-0.25, -0.2) is 4.79 Å². The molecule has 0 radical (unpaired) electrons. The highest BCUT2D eigenvalue weighted by Gasteiger charge is 2.50. The molecule has 4 atom stereocenters. The lowest BCUT2D eigenvalue weighted by atomic mass is 10.0. The average Bonchev–Trinajstić information content (AvgIpc) is 3.32. The van der Waals surface area contributed by atoms with Crippen molar-refractivity contribution in [1.29, 1.82) is 0 Å². The summed E-state index contributed by atoms with van der Waals surface area (Å²) < 4.78 is 85.5. The number of methoxy groups -OCH3 is 1. The lowest BCUT2D eigenvalue weighted by Gasteiger charge is -2.18. The molecule has 0 unspecified atom stereocenters. The van der Waals surface area contributed by atoms with Crippen molar-refractivity contribution in [1.82, 2.24) is 10.1 Å². The van der Waals surface area contributed by atoms with E-state index in [-0.39, 0.29) is 48.8 Å². The van der Waals surface area contributed by atoms with Crippen molar-refractivity contribution in [3.63, 3.8) is 0 Å². The highest BCUT2D eigenvalue weighted by molar-refractivity contribution is 7.20. The molecule has 2 aromatic heterocycles. The Kier molecular flexibility index (Phi) is 8.49. The summed E-state index contributed by atoms with van der Waals surface area (Å²) in [5, 5.41) is 4.51. The summed E-state index contributed by atoms with van der Waals surface area (Å²) in [6.45, 7) is 4.23. The molecule has 7 rings (SSSR count). The number of esters is 1. The summed E-state index contributed by atoms with van der Waals surface area (Å²) in [5.41, 5.74) is 1.87. The van der Waals surface area contributed by atoms with Gasteiger partial charge in [-0.2, -0.15) is 4.98 Å². The summed E-state index contributed by atoms with van der Waals surface area (Å²) in [5.74, 6) is 0.302. The molecule has 0 spiro atoms. The van der Waals surface area contributed by atoms with Gasteiger partial charge in [0.2, 0.25) is 0 Å². The Morgan fingerprint density at radius 2 is 1.81 bits per heavy atom. The minimum atomic E-state index is -4.87. The van der Waals surface area contributed by atoms with Gasteiger partial charge in [0.1, 0.15) is 46.8 Å². The van der Waals surface area contributed by atoms with Crippen molar-refractivity contribution < 1.29 is 55.6 Å². The van der Waals surface area contributed by atoms with E-state index in [9.17, 15) is 18.0 Å². The van der Waals surface area contributed by atoms with Gasteiger partial charge in [0.15, 0.2) is 6.10 Å². The Morgan fingerprint density at radius 3 is 2.53 bits per heavy atom. The molecule has 2 aromatic carbocycles. The van der Waals surface area contributed by atoms with E-state index in [0.717, 1.165) is 12.8 Å². The van der Waals surface area contributed by atoms with E-state index in [2.05, 4.69) is 14.9 Å². The summed E-state index contributed by atoms with van der Waals surface area (Å²) >= 11 is 1.26. The number of benzene rings is 2. The number of thiazole rings is 1. The van der Waals surface area contributed by atoms with E-state index in [0.29, 0.717) is 38.0 Å². The maximum absolute atomic E-state index is 13.1. The molecule has 0 N–H and O–H groups in total. The van der Waals surface area contributed by atoms with Crippen LogP contribution in [0.1, 0.15) is 54.3 Å². The van der Waals surface area contributed by atoms with Crippen molar-refractivity contribution in [2.45, 2.75) is 76.1 Å². The molecule has 1 aliphatic carbocycles. The molecule has 15 heteroatoms. The number of hydrogen-bond donors (Lipinski definition) is 0. The zero-order valence-electron chi connectivity index (χ0n) is 25.6. The molecule has 0 amide bonds. The molecule has 2 saturated heterocycles. The van der Waals surface area contributed by atoms with Crippen LogP contribution in [0.25, 0.3) is 21.5 Å². The predicted molar refractivity (Wildman–Crippen MR) is 160 cm³/mol. The van der Waals surface area contributed by atoms with Crippen LogP contribution in [0.15, 0.2) is 40.9 Å². The van der Waals surface area contributed by atoms with Gasteiger partial charge in [0.05, 0.1) is 43.3 Å². The number of alkyl halides is 3. The molecule has 2 aliphatic heterocycles. The first-order chi connectivity index (χ1) is 22.6. The predicted octanol–water partition coefficient (Wildman–Crippen LogP) is 6.43. The number of halogens is 3. The molecule has 3 fully saturated rings. The molecule has 47 heavy (non-hydrogen) atoms. The van der Waals surface area contributed by atoms with Crippen molar-refractivity contribution in [3.05, 3.63) is 53.3 Å². The van der Waals surface area contributed by atoms with Crippen LogP contribution < -0.4 is 14.2 Å². The second-order valence-electron chi connectivity index (χ2n) is 11.8. The topological polar surface area (TPSA) is 121 Å². The van der Waals surface area contributed by atoms with Crippen LogP contribution in [0.2, 0.25) is 0 Å². The molecule has 4 aromatic rings. The minimum Gasteiger partial charge on any atom is -0.489 e. The van der Waals surface area contributed by atoms with Gasteiger partial charge in [-0.05, 0) is 51.0 Å². The van der Waals surface area contributed by atoms with E-state index in [4.69, 9.17) is 32.9 Å². The quantitative estimate of drug-likeness (QED) is 0.163. The number of fused-ring (bicyclic) bond motifs is 2. The van der Waals surface area contributed by atoms with Crippen LogP contribution in [0.3, 0.4) is 0 Å². The maximum Gasteiger partial charge on any atom is 0.573 e. The van der Waals surface area contributed by atoms with Gasteiger partial charge in [-0.1, -0.05) is 28.6 Å². The third-order valence-electron chi connectivity index (χ3n) is 8.02. The Labute approximate surface area is 270 Å². The van der Waals surface area contributed by atoms with Gasteiger partial charge in [0, 0.05) is 17.0 Å². The number of hydrogen-bond acceptors (Lipinski definition) is 12. The van der Waals surface area contributed by atoms with Crippen LogP contribution in [0.5, 0.6) is 16.7 Å². The van der Waals surface area contributed by atoms with E-state index in [1.165, 1.54) is 36.6 Å². The van der Waals surface area contributed by atoms with Gasteiger partial charge < -0.3 is 37.7 Å². The zero-order chi connectivity index (χ0) is 32.9. The first-order valence-corrected chi connectivity index (χ1v) is 15.9. The van der Waals surface area contributed by atoms with Crippen molar-refractivity contribution >= 4 is 27.5 Å². The van der Waals surface area contributed by atoms with Crippen LogP contribution in [-0.2, 0) is 25.6 Å². The molecular weight excluding hydrogens is 645 g/mol. The SMILES string of the molecule is COC(=O)c1cc(OC(C)C)c2nc(O[C@@H]3CO[C@H]4[C@@H]3OC[C@H]4OCc3c(-c4ccccc4OC(F)(F)F)noc3C3CC3)sc2c1. The van der Waals surface area contributed by atoms with E-state index in [1.54, 1.807) is 18.2 Å². The first-order valence-electron chi connectivity index (χ1n) is 15.1. The number of carbonyl (C=O) groups excluding carboxylic acids is 1. The Bertz CT molecular complexity index is 1770. The standard InChI is InChI=1S/C32H31F3N2O9S/c1-15(2)43-21-10-17(30(38)39-3)11-24-26(21)36-31(47-24)44-23-14-42-28-22(13-41-29(23)28)40-12-19-25(37-46-27(19)16-8-9-16)18-6-4-5-7-20(18)45-32(33,34)35/h4-7,10-11,15-16,22-23,28-29H,8-9,12-14H2,1-3H3/t22-,23-,28-,29-/m1/s1.